The normalized spacial score (nSPS) is 13.2. The molecule has 0 atom stereocenters. The molecule has 1 heterocycles. The van der Waals surface area contributed by atoms with Gasteiger partial charge in [-0.1, -0.05) is 0 Å². The lowest BCUT2D eigenvalue weighted by atomic mass is 10.1. The molecule has 0 saturated heterocycles. The maximum absolute atomic E-state index is 11.0. The minimum absolute atomic E-state index is 0.0760. The number of nitro groups is 1. The van der Waals surface area contributed by atoms with E-state index in [9.17, 15) is 14.9 Å². The molecule has 0 bridgehead atoms. The van der Waals surface area contributed by atoms with Crippen LogP contribution in [0.25, 0.3) is 0 Å². The van der Waals surface area contributed by atoms with Crippen molar-refractivity contribution < 1.29 is 24.3 Å². The Morgan fingerprint density at radius 1 is 1.38 bits per heavy atom. The lowest BCUT2D eigenvalue weighted by Crippen LogP contribution is -2.18. The molecule has 1 N–H and O–H groups in total. The van der Waals surface area contributed by atoms with Gasteiger partial charge in [0.15, 0.2) is 17.1 Å². The minimum Gasteiger partial charge on any atom is -0.486 e. The van der Waals surface area contributed by atoms with E-state index < -0.39 is 22.1 Å². The van der Waals surface area contributed by atoms with Crippen molar-refractivity contribution in [2.75, 3.05) is 13.2 Å². The summed E-state index contributed by atoms with van der Waals surface area (Å²) in [6.07, 6.45) is 0. The molecule has 7 nitrogen and oxygen atoms in total. The van der Waals surface area contributed by atoms with Crippen molar-refractivity contribution in [3.63, 3.8) is 0 Å². The molecule has 0 aromatic heterocycles. The standard InChI is InChI=1S/C9H7NO6/c11-9(12)7-5(10(13)14)1-2-6-8(7)16-4-3-15-6/h1-2H,3-4H2,(H,11,12). The second-order valence-electron chi connectivity index (χ2n) is 3.05. The van der Waals surface area contributed by atoms with E-state index in [1.54, 1.807) is 0 Å². The number of hydrogen-bond donors (Lipinski definition) is 1. The van der Waals surface area contributed by atoms with Gasteiger partial charge >= 0.3 is 5.97 Å². The van der Waals surface area contributed by atoms with Crippen molar-refractivity contribution in [2.24, 2.45) is 0 Å². The summed E-state index contributed by atoms with van der Waals surface area (Å²) in [5.74, 6) is -1.27. The number of fused-ring (bicyclic) bond motifs is 1. The first-order valence-corrected chi connectivity index (χ1v) is 4.41. The highest BCUT2D eigenvalue weighted by Crippen LogP contribution is 2.38. The Labute approximate surface area is 89.4 Å². The van der Waals surface area contributed by atoms with Crippen LogP contribution in [0.4, 0.5) is 5.69 Å². The quantitative estimate of drug-likeness (QED) is 0.596. The summed E-state index contributed by atoms with van der Waals surface area (Å²) in [5, 5.41) is 19.6. The number of carbonyl (C=O) groups is 1. The summed E-state index contributed by atoms with van der Waals surface area (Å²) in [5.41, 5.74) is -0.973. The first kappa shape index (κ1) is 10.2. The Hall–Kier alpha value is -2.31. The zero-order valence-electron chi connectivity index (χ0n) is 8.00. The van der Waals surface area contributed by atoms with E-state index in [0.717, 1.165) is 6.07 Å². The molecule has 7 heteroatoms. The number of ether oxygens (including phenoxy) is 2. The number of carboxylic acids is 1. The van der Waals surface area contributed by atoms with Crippen LogP contribution in [0.3, 0.4) is 0 Å². The molecule has 0 unspecified atom stereocenters. The molecular formula is C9H7NO6. The first-order chi connectivity index (χ1) is 7.61. The van der Waals surface area contributed by atoms with Gasteiger partial charge in [-0.15, -0.1) is 0 Å². The molecule has 0 fully saturated rings. The monoisotopic (exact) mass is 225 g/mol. The van der Waals surface area contributed by atoms with Gasteiger partial charge in [-0.05, 0) is 6.07 Å². The fraction of sp³-hybridized carbons (Fsp3) is 0.222. The molecule has 0 radical (unpaired) electrons. The van der Waals surface area contributed by atoms with Crippen molar-refractivity contribution in [3.8, 4) is 11.5 Å². The van der Waals surface area contributed by atoms with Crippen LogP contribution >= 0.6 is 0 Å². The van der Waals surface area contributed by atoms with E-state index in [-0.39, 0.29) is 18.1 Å². The maximum Gasteiger partial charge on any atom is 0.346 e. The lowest BCUT2D eigenvalue weighted by Gasteiger charge is -2.19. The largest absolute Gasteiger partial charge is 0.486 e. The van der Waals surface area contributed by atoms with Crippen LogP contribution in [-0.4, -0.2) is 29.2 Å². The van der Waals surface area contributed by atoms with Gasteiger partial charge in [0.25, 0.3) is 5.69 Å². The Balaban J connectivity index is 2.66. The summed E-state index contributed by atoms with van der Waals surface area (Å²) >= 11 is 0. The van der Waals surface area contributed by atoms with Gasteiger partial charge in [-0.2, -0.15) is 0 Å². The molecule has 0 amide bonds. The average Bonchev–Trinajstić information content (AvgIpc) is 2.27. The number of nitrogens with zero attached hydrogens (tertiary/aromatic N) is 1. The molecule has 1 aliphatic rings. The number of aromatic carboxylic acids is 1. The summed E-state index contributed by atoms with van der Waals surface area (Å²) in [4.78, 5) is 20.9. The number of benzene rings is 1. The second kappa shape index (κ2) is 3.69. The maximum atomic E-state index is 11.0. The van der Waals surface area contributed by atoms with Crippen LogP contribution in [0.1, 0.15) is 10.4 Å². The number of hydrogen-bond acceptors (Lipinski definition) is 5. The van der Waals surface area contributed by atoms with Crippen molar-refractivity contribution in [1.82, 2.24) is 0 Å². The summed E-state index contributed by atoms with van der Waals surface area (Å²) in [7, 11) is 0. The smallest absolute Gasteiger partial charge is 0.346 e. The molecule has 0 aliphatic carbocycles. The summed E-state index contributed by atoms with van der Waals surface area (Å²) < 4.78 is 10.2. The Kier molecular flexibility index (Phi) is 2.35. The fourth-order valence-corrected chi connectivity index (χ4v) is 1.46. The van der Waals surface area contributed by atoms with Crippen molar-refractivity contribution >= 4 is 11.7 Å². The predicted octanol–water partition coefficient (Wildman–Crippen LogP) is 1.06. The molecule has 16 heavy (non-hydrogen) atoms. The van der Waals surface area contributed by atoms with Crippen LogP contribution in [0.5, 0.6) is 11.5 Å². The van der Waals surface area contributed by atoms with Gasteiger partial charge in [-0.25, -0.2) is 4.79 Å². The Bertz CT molecular complexity index is 469. The third-order valence-corrected chi connectivity index (χ3v) is 2.10. The van der Waals surface area contributed by atoms with Gasteiger partial charge in [0.2, 0.25) is 0 Å². The van der Waals surface area contributed by atoms with Crippen molar-refractivity contribution in [2.45, 2.75) is 0 Å². The first-order valence-electron chi connectivity index (χ1n) is 4.41. The summed E-state index contributed by atoms with van der Waals surface area (Å²) in [6.45, 7) is 0.471. The zero-order valence-corrected chi connectivity index (χ0v) is 8.00. The molecular weight excluding hydrogens is 218 g/mol. The molecule has 1 aromatic rings. The highest BCUT2D eigenvalue weighted by Gasteiger charge is 2.29. The number of nitro benzene ring substituents is 1. The third-order valence-electron chi connectivity index (χ3n) is 2.10. The molecule has 0 saturated carbocycles. The molecule has 1 aromatic carbocycles. The SMILES string of the molecule is O=C(O)c1c([N+](=O)[O-])ccc2c1OCCO2. The van der Waals surface area contributed by atoms with Crippen LogP contribution in [0, 0.1) is 10.1 Å². The van der Waals surface area contributed by atoms with Gasteiger partial charge < -0.3 is 14.6 Å². The van der Waals surface area contributed by atoms with E-state index in [1.807, 2.05) is 0 Å². The van der Waals surface area contributed by atoms with Crippen LogP contribution in [0.2, 0.25) is 0 Å². The van der Waals surface area contributed by atoms with Gasteiger partial charge in [0.05, 0.1) is 4.92 Å². The van der Waals surface area contributed by atoms with Crippen molar-refractivity contribution in [3.05, 3.63) is 27.8 Å². The van der Waals surface area contributed by atoms with E-state index in [2.05, 4.69) is 0 Å². The molecule has 84 valence electrons. The minimum atomic E-state index is -1.41. The second-order valence-corrected chi connectivity index (χ2v) is 3.05. The summed E-state index contributed by atoms with van der Waals surface area (Å²) in [6, 6.07) is 2.43. The number of carboxylic acid groups (broad SMARTS) is 1. The van der Waals surface area contributed by atoms with Crippen molar-refractivity contribution in [1.29, 1.82) is 0 Å². The van der Waals surface area contributed by atoms with E-state index in [0.29, 0.717) is 6.61 Å². The molecule has 1 aliphatic heterocycles. The van der Waals surface area contributed by atoms with Crippen LogP contribution < -0.4 is 9.47 Å². The van der Waals surface area contributed by atoms with Gasteiger partial charge in [0, 0.05) is 6.07 Å². The van der Waals surface area contributed by atoms with E-state index in [1.165, 1.54) is 6.07 Å². The average molecular weight is 225 g/mol. The van der Waals surface area contributed by atoms with Crippen LogP contribution in [-0.2, 0) is 0 Å². The van der Waals surface area contributed by atoms with Crippen LogP contribution in [0.15, 0.2) is 12.1 Å². The highest BCUT2D eigenvalue weighted by molar-refractivity contribution is 5.96. The Morgan fingerprint density at radius 3 is 2.69 bits per heavy atom. The number of rotatable bonds is 2. The molecule has 2 rings (SSSR count). The predicted molar refractivity (Wildman–Crippen MR) is 51.0 cm³/mol. The van der Waals surface area contributed by atoms with Gasteiger partial charge in [-0.3, -0.25) is 10.1 Å². The topological polar surface area (TPSA) is 98.9 Å². The zero-order chi connectivity index (χ0) is 11.7. The van der Waals surface area contributed by atoms with Gasteiger partial charge in [0.1, 0.15) is 13.2 Å². The third kappa shape index (κ3) is 1.52. The lowest BCUT2D eigenvalue weighted by molar-refractivity contribution is -0.385. The van der Waals surface area contributed by atoms with E-state index in [4.69, 9.17) is 14.6 Å². The van der Waals surface area contributed by atoms with E-state index >= 15 is 0 Å². The highest BCUT2D eigenvalue weighted by atomic mass is 16.6. The molecule has 0 spiro atoms. The fourth-order valence-electron chi connectivity index (χ4n) is 1.46. The Morgan fingerprint density at radius 2 is 2.06 bits per heavy atom.